The first-order valence-corrected chi connectivity index (χ1v) is 10.8. The Labute approximate surface area is 185 Å². The Hall–Kier alpha value is -3.76. The average Bonchev–Trinajstić information content (AvgIpc) is 2.71. The number of aromatic hydroxyl groups is 2. The van der Waals surface area contributed by atoms with Crippen molar-refractivity contribution in [1.29, 1.82) is 0 Å². The topological polar surface area (TPSA) is 190 Å². The molecular formula is C22H25N3O6S. The Morgan fingerprint density at radius 1 is 0.844 bits per heavy atom. The van der Waals surface area contributed by atoms with Gasteiger partial charge in [-0.25, -0.2) is 8.42 Å². The van der Waals surface area contributed by atoms with Gasteiger partial charge in [-0.15, -0.1) is 0 Å². The van der Waals surface area contributed by atoms with Crippen LogP contribution in [0.4, 0.5) is 11.4 Å². The van der Waals surface area contributed by atoms with Crippen molar-refractivity contribution < 1.29 is 28.5 Å². The highest BCUT2D eigenvalue weighted by atomic mass is 32.2. The first-order chi connectivity index (χ1) is 14.8. The zero-order valence-corrected chi connectivity index (χ0v) is 18.1. The molecule has 0 aromatic heterocycles. The molecule has 0 amide bonds. The molecule has 0 heterocycles. The predicted molar refractivity (Wildman–Crippen MR) is 121 cm³/mol. The lowest BCUT2D eigenvalue weighted by Crippen LogP contribution is -2.46. The van der Waals surface area contributed by atoms with Gasteiger partial charge in [-0.1, -0.05) is 6.07 Å². The SMILES string of the molecule is C[C@](N)(Cc1ccc(O)c(O)c1)C(=O)O.Nc1ccc(S(=O)(=O)c2ccc(N)cc2)cc1. The molecule has 0 saturated carbocycles. The normalized spacial score (nSPS) is 12.8. The molecule has 32 heavy (non-hydrogen) atoms. The summed E-state index contributed by atoms with van der Waals surface area (Å²) in [6.07, 6.45) is 0.0795. The van der Waals surface area contributed by atoms with Crippen LogP contribution in [-0.2, 0) is 21.1 Å². The van der Waals surface area contributed by atoms with Crippen LogP contribution in [0.3, 0.4) is 0 Å². The Bertz CT molecular complexity index is 1140. The molecule has 0 spiro atoms. The van der Waals surface area contributed by atoms with Crippen molar-refractivity contribution in [3.05, 3.63) is 72.3 Å². The maximum Gasteiger partial charge on any atom is 0.323 e. The highest BCUT2D eigenvalue weighted by Crippen LogP contribution is 2.26. The van der Waals surface area contributed by atoms with Crippen LogP contribution < -0.4 is 17.2 Å². The first-order valence-electron chi connectivity index (χ1n) is 9.32. The molecule has 1 atom stereocenters. The fourth-order valence-electron chi connectivity index (χ4n) is 2.61. The second-order valence-electron chi connectivity index (χ2n) is 7.36. The van der Waals surface area contributed by atoms with Crippen LogP contribution in [0, 0.1) is 0 Å². The van der Waals surface area contributed by atoms with Crippen LogP contribution in [0.5, 0.6) is 11.5 Å². The first kappa shape index (κ1) is 24.5. The molecule has 170 valence electrons. The van der Waals surface area contributed by atoms with Gasteiger partial charge >= 0.3 is 5.97 Å². The lowest BCUT2D eigenvalue weighted by molar-refractivity contribution is -0.142. The van der Waals surface area contributed by atoms with E-state index in [2.05, 4.69) is 0 Å². The number of carbonyl (C=O) groups is 1. The number of nitrogens with two attached hydrogens (primary N) is 3. The number of hydrogen-bond donors (Lipinski definition) is 6. The van der Waals surface area contributed by atoms with Crippen molar-refractivity contribution in [2.45, 2.75) is 28.7 Å². The van der Waals surface area contributed by atoms with Crippen molar-refractivity contribution in [3.63, 3.8) is 0 Å². The molecule has 9 N–H and O–H groups in total. The van der Waals surface area contributed by atoms with Gasteiger partial charge in [0.15, 0.2) is 11.5 Å². The van der Waals surface area contributed by atoms with Crippen molar-refractivity contribution in [3.8, 4) is 11.5 Å². The van der Waals surface area contributed by atoms with Gasteiger partial charge in [-0.05, 0) is 73.2 Å². The minimum atomic E-state index is -3.48. The summed E-state index contributed by atoms with van der Waals surface area (Å²) < 4.78 is 24.3. The van der Waals surface area contributed by atoms with E-state index in [4.69, 9.17) is 27.4 Å². The number of nitrogen functional groups attached to an aromatic ring is 2. The molecule has 0 bridgehead atoms. The number of phenolic OH excluding ortho intramolecular Hbond substituents is 2. The van der Waals surface area contributed by atoms with Crippen LogP contribution in [0.2, 0.25) is 0 Å². The van der Waals surface area contributed by atoms with E-state index in [1.54, 1.807) is 24.3 Å². The van der Waals surface area contributed by atoms with E-state index in [9.17, 15) is 18.3 Å². The molecule has 3 rings (SSSR count). The van der Waals surface area contributed by atoms with E-state index in [1.165, 1.54) is 49.4 Å². The van der Waals surface area contributed by atoms with Gasteiger partial charge in [0.2, 0.25) is 9.84 Å². The maximum absolute atomic E-state index is 12.2. The minimum absolute atomic E-state index is 0.0795. The third-order valence-electron chi connectivity index (χ3n) is 4.48. The lowest BCUT2D eigenvalue weighted by Gasteiger charge is -2.19. The number of rotatable bonds is 5. The van der Waals surface area contributed by atoms with Crippen molar-refractivity contribution in [2.75, 3.05) is 11.5 Å². The van der Waals surface area contributed by atoms with Gasteiger partial charge < -0.3 is 32.5 Å². The summed E-state index contributed by atoms with van der Waals surface area (Å²) in [4.78, 5) is 11.2. The fourth-order valence-corrected chi connectivity index (χ4v) is 3.87. The quantitative estimate of drug-likeness (QED) is 0.245. The van der Waals surface area contributed by atoms with E-state index in [1.807, 2.05) is 0 Å². The van der Waals surface area contributed by atoms with Crippen LogP contribution in [-0.4, -0.2) is 35.2 Å². The third-order valence-corrected chi connectivity index (χ3v) is 6.27. The molecule has 10 heteroatoms. The van der Waals surface area contributed by atoms with E-state index < -0.39 is 21.3 Å². The summed E-state index contributed by atoms with van der Waals surface area (Å²) in [7, 11) is -3.48. The average molecular weight is 460 g/mol. The third kappa shape index (κ3) is 6.13. The largest absolute Gasteiger partial charge is 0.504 e. The molecule has 3 aromatic carbocycles. The van der Waals surface area contributed by atoms with Gasteiger partial charge in [-0.2, -0.15) is 0 Å². The molecule has 3 aromatic rings. The van der Waals surface area contributed by atoms with Crippen molar-refractivity contribution in [1.82, 2.24) is 0 Å². The predicted octanol–water partition coefficient (Wildman–Crippen LogP) is 2.13. The molecule has 0 fully saturated rings. The minimum Gasteiger partial charge on any atom is -0.504 e. The monoisotopic (exact) mass is 459 g/mol. The molecule has 9 nitrogen and oxygen atoms in total. The summed E-state index contributed by atoms with van der Waals surface area (Å²) in [6, 6.07) is 16.3. The van der Waals surface area contributed by atoms with E-state index >= 15 is 0 Å². The zero-order chi connectivity index (χ0) is 24.1. The second kappa shape index (κ2) is 9.58. The Morgan fingerprint density at radius 2 is 1.28 bits per heavy atom. The number of carboxylic acid groups (broad SMARTS) is 1. The zero-order valence-electron chi connectivity index (χ0n) is 17.3. The van der Waals surface area contributed by atoms with E-state index in [0.717, 1.165) is 0 Å². The Balaban J connectivity index is 0.000000229. The number of hydrogen-bond acceptors (Lipinski definition) is 8. The lowest BCUT2D eigenvalue weighted by atomic mass is 9.94. The summed E-state index contributed by atoms with van der Waals surface area (Å²) in [5.41, 5.74) is 16.8. The second-order valence-corrected chi connectivity index (χ2v) is 9.31. The smallest absolute Gasteiger partial charge is 0.323 e. The molecule has 0 aliphatic rings. The van der Waals surface area contributed by atoms with E-state index in [0.29, 0.717) is 16.9 Å². The summed E-state index contributed by atoms with van der Waals surface area (Å²) in [5, 5.41) is 27.0. The standard InChI is InChI=1S/C12H12N2O2S.C10H13NO4/c13-9-1-5-11(6-2-9)17(15,16)12-7-3-10(14)4-8-12;1-10(11,9(14)15)5-6-2-3-7(12)8(13)4-6/h1-8H,13-14H2;2-4,12-13H,5,11H2,1H3,(H,14,15)/t;10-/m.0/s1. The number of benzene rings is 3. The van der Waals surface area contributed by atoms with E-state index in [-0.39, 0.29) is 27.7 Å². The number of anilines is 2. The maximum atomic E-state index is 12.2. The molecule has 0 aliphatic carbocycles. The van der Waals surface area contributed by atoms with Crippen molar-refractivity contribution >= 4 is 27.2 Å². The Morgan fingerprint density at radius 3 is 1.66 bits per heavy atom. The molecule has 0 radical (unpaired) electrons. The van der Waals surface area contributed by atoms with Crippen LogP contribution >= 0.6 is 0 Å². The summed E-state index contributed by atoms with van der Waals surface area (Å²) >= 11 is 0. The van der Waals surface area contributed by atoms with Crippen LogP contribution in [0.1, 0.15) is 12.5 Å². The molecule has 0 unspecified atom stereocenters. The molecular weight excluding hydrogens is 434 g/mol. The number of sulfone groups is 1. The van der Waals surface area contributed by atoms with Gasteiger partial charge in [0.1, 0.15) is 5.54 Å². The molecule has 0 saturated heterocycles. The fraction of sp³-hybridized carbons (Fsp3) is 0.136. The summed E-state index contributed by atoms with van der Waals surface area (Å²) in [6.45, 7) is 1.39. The highest BCUT2D eigenvalue weighted by Gasteiger charge is 2.28. The van der Waals surface area contributed by atoms with Crippen molar-refractivity contribution in [2.24, 2.45) is 5.73 Å². The van der Waals surface area contributed by atoms with Gasteiger partial charge in [0.25, 0.3) is 0 Å². The highest BCUT2D eigenvalue weighted by molar-refractivity contribution is 7.91. The van der Waals surface area contributed by atoms with Gasteiger partial charge in [0, 0.05) is 17.8 Å². The van der Waals surface area contributed by atoms with Crippen LogP contribution in [0.25, 0.3) is 0 Å². The van der Waals surface area contributed by atoms with Gasteiger partial charge in [-0.3, -0.25) is 4.79 Å². The molecule has 0 aliphatic heterocycles. The van der Waals surface area contributed by atoms with Crippen LogP contribution in [0.15, 0.2) is 76.5 Å². The summed E-state index contributed by atoms with van der Waals surface area (Å²) in [5.74, 6) is -1.64. The number of aliphatic carboxylic acids is 1. The Kier molecular flexibility index (Phi) is 7.34. The van der Waals surface area contributed by atoms with Gasteiger partial charge in [0.05, 0.1) is 9.79 Å². The number of carboxylic acids is 1. The number of phenols is 2.